The van der Waals surface area contributed by atoms with Crippen molar-refractivity contribution in [1.82, 2.24) is 24.7 Å². The Kier molecular flexibility index (Phi) is 4.55. The number of hydrogen-bond acceptors (Lipinski definition) is 6. The molecule has 0 atom stereocenters. The van der Waals surface area contributed by atoms with Gasteiger partial charge in [-0.05, 0) is 58.4 Å². The van der Waals surface area contributed by atoms with Crippen LogP contribution in [-0.2, 0) is 0 Å². The summed E-state index contributed by atoms with van der Waals surface area (Å²) >= 11 is 0. The summed E-state index contributed by atoms with van der Waals surface area (Å²) in [5.74, 6) is 2.25. The minimum atomic E-state index is 0.641. The Morgan fingerprint density at radius 1 is 0.680 bits per heavy atom. The summed E-state index contributed by atoms with van der Waals surface area (Å²) in [5, 5.41) is 4.58. The van der Waals surface area contributed by atoms with Gasteiger partial charge in [0.05, 0.1) is 5.69 Å². The lowest BCUT2D eigenvalue weighted by molar-refractivity contribution is 0.553. The molecule has 0 bridgehead atoms. The van der Waals surface area contributed by atoms with Crippen LogP contribution in [0.5, 0.6) is 0 Å². The Morgan fingerprint density at radius 2 is 1.16 bits per heavy atom. The maximum absolute atomic E-state index is 4.83. The second kappa shape index (κ2) is 6.98. The molecule has 4 rings (SSSR count). The average Bonchev–Trinajstić information content (AvgIpc) is 3.01. The van der Waals surface area contributed by atoms with E-state index >= 15 is 0 Å². The topological polar surface area (TPSA) is 63.0 Å². The molecular weight excluding hydrogens is 314 g/mol. The van der Waals surface area contributed by atoms with Crippen LogP contribution in [0.3, 0.4) is 0 Å². The third-order valence-electron chi connectivity index (χ3n) is 5.08. The smallest absolute Gasteiger partial charge is 0.257 e. The Hall–Kier alpha value is -2.18. The Balaban J connectivity index is 1.75. The van der Waals surface area contributed by atoms with Gasteiger partial charge in [0.1, 0.15) is 0 Å². The molecule has 0 spiro atoms. The predicted molar refractivity (Wildman–Crippen MR) is 98.6 cm³/mol. The van der Waals surface area contributed by atoms with E-state index in [0.29, 0.717) is 5.95 Å². The van der Waals surface area contributed by atoms with Gasteiger partial charge in [0.2, 0.25) is 11.9 Å². The summed E-state index contributed by atoms with van der Waals surface area (Å²) in [6.07, 6.45) is 7.43. The molecule has 2 aliphatic rings. The lowest BCUT2D eigenvalue weighted by atomic mass is 10.1. The maximum atomic E-state index is 4.83. The van der Waals surface area contributed by atoms with Crippen LogP contribution in [0.2, 0.25) is 0 Å². The van der Waals surface area contributed by atoms with Crippen LogP contribution in [0.25, 0.3) is 5.95 Å². The number of aromatic nitrogens is 5. The second-order valence-electron chi connectivity index (χ2n) is 7.17. The largest absolute Gasteiger partial charge is 0.341 e. The highest BCUT2D eigenvalue weighted by atomic mass is 15.4. The molecule has 2 fully saturated rings. The van der Waals surface area contributed by atoms with E-state index < -0.39 is 0 Å². The van der Waals surface area contributed by atoms with Crippen molar-refractivity contribution in [2.24, 2.45) is 0 Å². The van der Waals surface area contributed by atoms with Gasteiger partial charge in [-0.25, -0.2) is 4.68 Å². The molecule has 134 valence electrons. The molecule has 2 aromatic heterocycles. The van der Waals surface area contributed by atoms with E-state index in [-0.39, 0.29) is 0 Å². The van der Waals surface area contributed by atoms with E-state index in [1.54, 1.807) is 0 Å². The zero-order valence-corrected chi connectivity index (χ0v) is 15.3. The number of nitrogens with zero attached hydrogens (tertiary/aromatic N) is 7. The fraction of sp³-hybridized carbons (Fsp3) is 0.667. The summed E-state index contributed by atoms with van der Waals surface area (Å²) in [6.45, 7) is 8.16. The van der Waals surface area contributed by atoms with Gasteiger partial charge < -0.3 is 9.80 Å². The first-order valence-corrected chi connectivity index (χ1v) is 9.50. The van der Waals surface area contributed by atoms with Gasteiger partial charge in [-0.2, -0.15) is 20.1 Å². The average molecular weight is 341 g/mol. The fourth-order valence-corrected chi connectivity index (χ4v) is 3.74. The van der Waals surface area contributed by atoms with Crippen LogP contribution in [-0.4, -0.2) is 50.9 Å². The first-order chi connectivity index (χ1) is 12.2. The van der Waals surface area contributed by atoms with E-state index in [2.05, 4.69) is 21.0 Å². The van der Waals surface area contributed by atoms with E-state index in [1.807, 2.05) is 18.5 Å². The fourth-order valence-electron chi connectivity index (χ4n) is 3.74. The highest BCUT2D eigenvalue weighted by Gasteiger charge is 2.21. The van der Waals surface area contributed by atoms with E-state index in [1.165, 1.54) is 38.5 Å². The van der Waals surface area contributed by atoms with Gasteiger partial charge in [0.25, 0.3) is 5.95 Å². The standard InChI is InChI=1S/C18H27N7/c1-14-13-15(2)25(22-14)18-20-16(23-9-5-3-6-10-23)19-17(21-18)24-11-7-4-8-12-24/h13H,3-12H2,1-2H3. The first-order valence-electron chi connectivity index (χ1n) is 9.50. The highest BCUT2D eigenvalue weighted by molar-refractivity contribution is 5.42. The number of anilines is 2. The molecule has 2 aromatic rings. The summed E-state index contributed by atoms with van der Waals surface area (Å²) < 4.78 is 1.85. The lowest BCUT2D eigenvalue weighted by Crippen LogP contribution is -2.35. The molecule has 4 heterocycles. The van der Waals surface area contributed by atoms with Crippen LogP contribution in [0.4, 0.5) is 11.9 Å². The van der Waals surface area contributed by atoms with Crippen molar-refractivity contribution < 1.29 is 0 Å². The van der Waals surface area contributed by atoms with Crippen molar-refractivity contribution >= 4 is 11.9 Å². The number of aryl methyl sites for hydroxylation is 2. The third-order valence-corrected chi connectivity index (χ3v) is 5.08. The van der Waals surface area contributed by atoms with Gasteiger partial charge in [0, 0.05) is 31.9 Å². The summed E-state index contributed by atoms with van der Waals surface area (Å²) in [7, 11) is 0. The summed E-state index contributed by atoms with van der Waals surface area (Å²) in [6, 6.07) is 2.06. The molecule has 2 saturated heterocycles. The third kappa shape index (κ3) is 3.45. The van der Waals surface area contributed by atoms with Crippen molar-refractivity contribution in [2.75, 3.05) is 36.0 Å². The molecule has 0 unspecified atom stereocenters. The predicted octanol–water partition coefficient (Wildman–Crippen LogP) is 2.65. The molecule has 0 radical (unpaired) electrons. The quantitative estimate of drug-likeness (QED) is 0.855. The van der Waals surface area contributed by atoms with Crippen molar-refractivity contribution in [3.8, 4) is 5.95 Å². The molecule has 0 aliphatic carbocycles. The zero-order valence-electron chi connectivity index (χ0n) is 15.3. The van der Waals surface area contributed by atoms with Crippen molar-refractivity contribution in [3.05, 3.63) is 17.5 Å². The summed E-state index contributed by atoms with van der Waals surface area (Å²) in [4.78, 5) is 19.0. The summed E-state index contributed by atoms with van der Waals surface area (Å²) in [5.41, 5.74) is 2.04. The van der Waals surface area contributed by atoms with Crippen molar-refractivity contribution in [1.29, 1.82) is 0 Å². The molecule has 7 nitrogen and oxygen atoms in total. The van der Waals surface area contributed by atoms with Gasteiger partial charge in [-0.3, -0.25) is 0 Å². The van der Waals surface area contributed by atoms with Crippen LogP contribution in [0.1, 0.15) is 49.9 Å². The normalized spacial score (nSPS) is 18.6. The Morgan fingerprint density at radius 3 is 1.60 bits per heavy atom. The monoisotopic (exact) mass is 341 g/mol. The Labute approximate surface area is 149 Å². The highest BCUT2D eigenvalue weighted by Crippen LogP contribution is 2.22. The van der Waals surface area contributed by atoms with E-state index in [9.17, 15) is 0 Å². The van der Waals surface area contributed by atoms with Gasteiger partial charge in [-0.1, -0.05) is 0 Å². The molecule has 2 aliphatic heterocycles. The first kappa shape index (κ1) is 16.3. The number of hydrogen-bond donors (Lipinski definition) is 0. The number of rotatable bonds is 3. The second-order valence-corrected chi connectivity index (χ2v) is 7.17. The van der Waals surface area contributed by atoms with Crippen molar-refractivity contribution in [2.45, 2.75) is 52.4 Å². The molecule has 0 saturated carbocycles. The zero-order chi connectivity index (χ0) is 17.2. The molecule has 25 heavy (non-hydrogen) atoms. The van der Waals surface area contributed by atoms with Crippen LogP contribution >= 0.6 is 0 Å². The van der Waals surface area contributed by atoms with Crippen LogP contribution in [0.15, 0.2) is 6.07 Å². The minimum Gasteiger partial charge on any atom is -0.341 e. The van der Waals surface area contributed by atoms with Gasteiger partial charge in [-0.15, -0.1) is 0 Å². The molecule has 0 amide bonds. The Bertz CT molecular complexity index is 691. The SMILES string of the molecule is Cc1cc(C)n(-c2nc(N3CCCCC3)nc(N3CCCCC3)n2)n1. The van der Waals surface area contributed by atoms with Crippen LogP contribution < -0.4 is 9.80 Å². The van der Waals surface area contributed by atoms with Gasteiger partial charge >= 0.3 is 0 Å². The van der Waals surface area contributed by atoms with E-state index in [0.717, 1.165) is 49.5 Å². The number of piperidine rings is 2. The van der Waals surface area contributed by atoms with E-state index in [4.69, 9.17) is 15.0 Å². The van der Waals surface area contributed by atoms with Crippen LogP contribution in [0, 0.1) is 13.8 Å². The molecule has 0 N–H and O–H groups in total. The maximum Gasteiger partial charge on any atom is 0.257 e. The van der Waals surface area contributed by atoms with Crippen molar-refractivity contribution in [3.63, 3.8) is 0 Å². The molecule has 0 aromatic carbocycles. The minimum absolute atomic E-state index is 0.641. The van der Waals surface area contributed by atoms with Gasteiger partial charge in [0.15, 0.2) is 0 Å². The molecule has 7 heteroatoms. The molecular formula is C18H27N7. The lowest BCUT2D eigenvalue weighted by Gasteiger charge is -2.30.